The molecule has 1 unspecified atom stereocenters. The highest BCUT2D eigenvalue weighted by Gasteiger charge is 2.30. The standard InChI is InChI=1S/C22H22Cl2N4O2S/c1-3-12-4-6-14-18(10-12)31-22(27-20(29)17-8-9-25-28(17)2)19(14)21(30)26-16-7-5-13(23)11-15(16)24/h5,7-9,11-12H,3-4,6,10H2,1-2H3,(H,26,30)(H,27,29). The molecule has 2 heterocycles. The van der Waals surface area contributed by atoms with Crippen LogP contribution in [0.4, 0.5) is 10.7 Å². The maximum atomic E-state index is 13.3. The number of rotatable bonds is 5. The minimum absolute atomic E-state index is 0.294. The first-order valence-corrected chi connectivity index (χ1v) is 11.6. The summed E-state index contributed by atoms with van der Waals surface area (Å²) in [5.74, 6) is -0.00501. The van der Waals surface area contributed by atoms with Gasteiger partial charge in [-0.15, -0.1) is 11.3 Å². The van der Waals surface area contributed by atoms with Crippen LogP contribution in [0.15, 0.2) is 30.5 Å². The third-order valence-electron chi connectivity index (χ3n) is 5.63. The quantitative estimate of drug-likeness (QED) is 0.487. The Labute approximate surface area is 194 Å². The fourth-order valence-corrected chi connectivity index (χ4v) is 5.68. The van der Waals surface area contributed by atoms with Crippen LogP contribution in [-0.4, -0.2) is 21.6 Å². The Morgan fingerprint density at radius 2 is 2.03 bits per heavy atom. The number of nitrogens with zero attached hydrogens (tertiary/aromatic N) is 2. The molecule has 0 aliphatic heterocycles. The van der Waals surface area contributed by atoms with Crippen molar-refractivity contribution in [3.8, 4) is 0 Å². The lowest BCUT2D eigenvalue weighted by Crippen LogP contribution is -2.21. The normalized spacial score (nSPS) is 15.4. The molecule has 4 rings (SSSR count). The molecule has 9 heteroatoms. The van der Waals surface area contributed by atoms with Crippen molar-refractivity contribution < 1.29 is 9.59 Å². The van der Waals surface area contributed by atoms with Crippen LogP contribution < -0.4 is 10.6 Å². The molecule has 0 fully saturated rings. The zero-order valence-corrected chi connectivity index (χ0v) is 19.5. The maximum Gasteiger partial charge on any atom is 0.274 e. The minimum atomic E-state index is -0.302. The van der Waals surface area contributed by atoms with E-state index in [-0.39, 0.29) is 11.8 Å². The van der Waals surface area contributed by atoms with Crippen LogP contribution in [0.2, 0.25) is 10.0 Å². The number of hydrogen-bond donors (Lipinski definition) is 2. The first kappa shape index (κ1) is 21.9. The van der Waals surface area contributed by atoms with E-state index in [1.54, 1.807) is 37.5 Å². The molecule has 2 amide bonds. The molecular formula is C22H22Cl2N4O2S. The Morgan fingerprint density at radius 1 is 1.23 bits per heavy atom. The van der Waals surface area contributed by atoms with E-state index in [0.29, 0.717) is 37.9 Å². The van der Waals surface area contributed by atoms with E-state index in [1.165, 1.54) is 16.0 Å². The van der Waals surface area contributed by atoms with Gasteiger partial charge in [0.2, 0.25) is 0 Å². The summed E-state index contributed by atoms with van der Waals surface area (Å²) < 4.78 is 1.50. The van der Waals surface area contributed by atoms with E-state index in [1.807, 2.05) is 0 Å². The molecule has 0 saturated heterocycles. The first-order valence-electron chi connectivity index (χ1n) is 10.1. The van der Waals surface area contributed by atoms with E-state index in [9.17, 15) is 9.59 Å². The van der Waals surface area contributed by atoms with Gasteiger partial charge in [-0.25, -0.2) is 0 Å². The lowest BCUT2D eigenvalue weighted by atomic mass is 9.85. The summed E-state index contributed by atoms with van der Waals surface area (Å²) in [5.41, 5.74) is 2.42. The van der Waals surface area contributed by atoms with Crippen molar-refractivity contribution in [2.75, 3.05) is 10.6 Å². The van der Waals surface area contributed by atoms with Gasteiger partial charge >= 0.3 is 0 Å². The second-order valence-corrected chi connectivity index (χ2v) is 9.55. The van der Waals surface area contributed by atoms with E-state index in [2.05, 4.69) is 22.7 Å². The molecule has 162 valence electrons. The molecule has 0 spiro atoms. The third kappa shape index (κ3) is 4.49. The van der Waals surface area contributed by atoms with Crippen molar-refractivity contribution in [1.82, 2.24) is 9.78 Å². The maximum absolute atomic E-state index is 13.3. The van der Waals surface area contributed by atoms with Crippen LogP contribution >= 0.6 is 34.5 Å². The van der Waals surface area contributed by atoms with Crippen LogP contribution in [0.5, 0.6) is 0 Å². The van der Waals surface area contributed by atoms with Crippen LogP contribution in [0, 0.1) is 5.92 Å². The molecule has 0 bridgehead atoms. The highest BCUT2D eigenvalue weighted by Crippen LogP contribution is 2.41. The molecule has 6 nitrogen and oxygen atoms in total. The smallest absolute Gasteiger partial charge is 0.274 e. The number of thiophene rings is 1. The molecule has 2 N–H and O–H groups in total. The second kappa shape index (κ2) is 9.02. The summed E-state index contributed by atoms with van der Waals surface area (Å²) in [6.07, 6.45) is 5.41. The number of fused-ring (bicyclic) bond motifs is 1. The zero-order chi connectivity index (χ0) is 22.1. The van der Waals surface area contributed by atoms with Crippen molar-refractivity contribution in [2.24, 2.45) is 13.0 Å². The van der Waals surface area contributed by atoms with Crippen LogP contribution in [0.1, 0.15) is 51.1 Å². The Kier molecular flexibility index (Phi) is 6.36. The van der Waals surface area contributed by atoms with E-state index in [4.69, 9.17) is 23.2 Å². The van der Waals surface area contributed by atoms with Gasteiger partial charge in [0.15, 0.2) is 0 Å². The Hall–Kier alpha value is -2.35. The number of nitrogens with one attached hydrogen (secondary N) is 2. The number of anilines is 2. The van der Waals surface area contributed by atoms with Gasteiger partial charge in [0.1, 0.15) is 10.7 Å². The van der Waals surface area contributed by atoms with E-state index >= 15 is 0 Å². The van der Waals surface area contributed by atoms with Crippen molar-refractivity contribution in [2.45, 2.75) is 32.6 Å². The summed E-state index contributed by atoms with van der Waals surface area (Å²) in [5, 5.41) is 11.3. The molecule has 1 aliphatic rings. The SMILES string of the molecule is CCC1CCc2c(sc(NC(=O)c3ccnn3C)c2C(=O)Nc2ccc(Cl)cc2Cl)C1. The topological polar surface area (TPSA) is 76.0 Å². The van der Waals surface area contributed by atoms with Gasteiger partial charge in [-0.2, -0.15) is 5.10 Å². The molecular weight excluding hydrogens is 455 g/mol. The summed E-state index contributed by atoms with van der Waals surface area (Å²) in [4.78, 5) is 27.3. The number of amides is 2. The molecule has 1 aliphatic carbocycles. The minimum Gasteiger partial charge on any atom is -0.321 e. The average Bonchev–Trinajstić information content (AvgIpc) is 3.32. The number of halogens is 2. The third-order valence-corrected chi connectivity index (χ3v) is 7.35. The van der Waals surface area contributed by atoms with Gasteiger partial charge in [0.05, 0.1) is 16.3 Å². The highest BCUT2D eigenvalue weighted by molar-refractivity contribution is 7.17. The van der Waals surface area contributed by atoms with Crippen LogP contribution in [0.25, 0.3) is 0 Å². The number of aromatic nitrogens is 2. The van der Waals surface area contributed by atoms with Crippen molar-refractivity contribution in [1.29, 1.82) is 0 Å². The van der Waals surface area contributed by atoms with Gasteiger partial charge < -0.3 is 10.6 Å². The van der Waals surface area contributed by atoms with Gasteiger partial charge in [-0.1, -0.05) is 36.5 Å². The molecule has 1 aromatic carbocycles. The average molecular weight is 477 g/mol. The van der Waals surface area contributed by atoms with Crippen molar-refractivity contribution >= 4 is 57.0 Å². The van der Waals surface area contributed by atoms with Crippen molar-refractivity contribution in [3.63, 3.8) is 0 Å². The van der Waals surface area contributed by atoms with Gasteiger partial charge in [0, 0.05) is 23.1 Å². The van der Waals surface area contributed by atoms with E-state index in [0.717, 1.165) is 36.1 Å². The number of aryl methyl sites for hydroxylation is 1. The highest BCUT2D eigenvalue weighted by atomic mass is 35.5. The fourth-order valence-electron chi connectivity index (χ4n) is 3.87. The molecule has 0 radical (unpaired) electrons. The lowest BCUT2D eigenvalue weighted by molar-refractivity contribution is 0.101. The Balaban J connectivity index is 1.69. The van der Waals surface area contributed by atoms with E-state index < -0.39 is 0 Å². The number of carbonyl (C=O) groups is 2. The second-order valence-electron chi connectivity index (χ2n) is 7.60. The Morgan fingerprint density at radius 3 is 2.71 bits per heavy atom. The zero-order valence-electron chi connectivity index (χ0n) is 17.2. The van der Waals surface area contributed by atoms with Gasteiger partial charge in [-0.3, -0.25) is 14.3 Å². The Bertz CT molecular complexity index is 1150. The first-order chi connectivity index (χ1) is 14.9. The molecule has 1 atom stereocenters. The van der Waals surface area contributed by atoms with Gasteiger partial charge in [0.25, 0.3) is 11.8 Å². The van der Waals surface area contributed by atoms with Crippen molar-refractivity contribution in [3.05, 3.63) is 62.2 Å². The monoisotopic (exact) mass is 476 g/mol. The summed E-state index contributed by atoms with van der Waals surface area (Å²) in [6.45, 7) is 2.19. The number of carbonyl (C=O) groups excluding carboxylic acids is 2. The van der Waals surface area contributed by atoms with Crippen LogP contribution in [0.3, 0.4) is 0 Å². The number of benzene rings is 1. The molecule has 2 aromatic heterocycles. The molecule has 0 saturated carbocycles. The number of hydrogen-bond acceptors (Lipinski definition) is 4. The molecule has 31 heavy (non-hydrogen) atoms. The largest absolute Gasteiger partial charge is 0.321 e. The predicted molar refractivity (Wildman–Crippen MR) is 126 cm³/mol. The summed E-state index contributed by atoms with van der Waals surface area (Å²) in [6, 6.07) is 6.56. The lowest BCUT2D eigenvalue weighted by Gasteiger charge is -2.21. The van der Waals surface area contributed by atoms with Crippen LogP contribution in [-0.2, 0) is 19.9 Å². The molecule has 3 aromatic rings. The summed E-state index contributed by atoms with van der Waals surface area (Å²) in [7, 11) is 1.70. The fraction of sp³-hybridized carbons (Fsp3) is 0.318. The summed E-state index contributed by atoms with van der Waals surface area (Å²) >= 11 is 13.7. The van der Waals surface area contributed by atoms with Gasteiger partial charge in [-0.05, 0) is 55.0 Å². The predicted octanol–water partition coefficient (Wildman–Crippen LogP) is 5.81.